The summed E-state index contributed by atoms with van der Waals surface area (Å²) in [6.45, 7) is 5.64. The topological polar surface area (TPSA) is 70.7 Å². The summed E-state index contributed by atoms with van der Waals surface area (Å²) >= 11 is 7.76. The van der Waals surface area contributed by atoms with E-state index in [4.69, 9.17) is 11.6 Å². The van der Waals surface area contributed by atoms with Crippen molar-refractivity contribution in [2.45, 2.75) is 58.9 Å². The number of rotatable bonds is 4. The highest BCUT2D eigenvalue weighted by molar-refractivity contribution is 7.16. The van der Waals surface area contributed by atoms with Crippen LogP contribution in [0.1, 0.15) is 59.6 Å². The number of carbonyl (C=O) groups is 1. The molecule has 7 heteroatoms. The van der Waals surface area contributed by atoms with E-state index in [1.165, 1.54) is 4.88 Å². The first kappa shape index (κ1) is 18.0. The molecule has 0 radical (unpaired) electrons. The third-order valence-corrected chi connectivity index (χ3v) is 6.50. The molecule has 1 atom stereocenters. The minimum Gasteiger partial charge on any atom is -0.315 e. The molecule has 2 aromatic heterocycles. The molecule has 2 aromatic rings. The van der Waals surface area contributed by atoms with Crippen molar-refractivity contribution in [2.75, 3.05) is 5.32 Å². The van der Waals surface area contributed by atoms with E-state index in [-0.39, 0.29) is 5.91 Å². The Morgan fingerprint density at radius 1 is 1.44 bits per heavy atom. The minimum atomic E-state index is -0.447. The smallest absolute Gasteiger partial charge is 0.249 e. The second kappa shape index (κ2) is 7.19. The summed E-state index contributed by atoms with van der Waals surface area (Å²) < 4.78 is 1.69. The van der Waals surface area contributed by atoms with E-state index in [1.807, 2.05) is 20.8 Å². The van der Waals surface area contributed by atoms with Crippen LogP contribution in [0.25, 0.3) is 0 Å². The van der Waals surface area contributed by atoms with E-state index in [9.17, 15) is 10.1 Å². The van der Waals surface area contributed by atoms with Gasteiger partial charge in [-0.1, -0.05) is 18.5 Å². The van der Waals surface area contributed by atoms with Gasteiger partial charge in [0.05, 0.1) is 22.0 Å². The summed E-state index contributed by atoms with van der Waals surface area (Å²) in [4.78, 5) is 14.1. The maximum atomic E-state index is 12.9. The summed E-state index contributed by atoms with van der Waals surface area (Å²) in [5, 5.41) is 18.2. The van der Waals surface area contributed by atoms with Gasteiger partial charge in [-0.25, -0.2) is 0 Å². The number of nitrogens with zero attached hydrogens (tertiary/aromatic N) is 3. The first-order chi connectivity index (χ1) is 12.0. The number of thiophene rings is 1. The Balaban J connectivity index is 1.89. The number of hydrogen-bond acceptors (Lipinski definition) is 4. The molecule has 0 saturated heterocycles. The van der Waals surface area contributed by atoms with Crippen LogP contribution in [0.3, 0.4) is 0 Å². The van der Waals surface area contributed by atoms with E-state index in [0.29, 0.717) is 22.0 Å². The van der Waals surface area contributed by atoms with Crippen molar-refractivity contribution in [1.29, 1.82) is 5.26 Å². The van der Waals surface area contributed by atoms with Crippen molar-refractivity contribution in [1.82, 2.24) is 9.78 Å². The number of nitriles is 1. The van der Waals surface area contributed by atoms with Crippen molar-refractivity contribution in [3.05, 3.63) is 32.4 Å². The van der Waals surface area contributed by atoms with Crippen LogP contribution in [0.5, 0.6) is 0 Å². The Bertz CT molecular complexity index is 862. The number of fused-ring (bicyclic) bond motifs is 1. The van der Waals surface area contributed by atoms with Crippen LogP contribution in [-0.4, -0.2) is 15.7 Å². The number of hydrogen-bond donors (Lipinski definition) is 1. The lowest BCUT2D eigenvalue weighted by Crippen LogP contribution is -2.27. The minimum absolute atomic E-state index is 0.153. The number of carbonyl (C=O) groups excluding carboxylic acids is 1. The highest BCUT2D eigenvalue weighted by atomic mass is 35.5. The third kappa shape index (κ3) is 3.19. The normalized spacial score (nSPS) is 14.7. The van der Waals surface area contributed by atoms with Crippen LogP contribution in [0, 0.1) is 25.2 Å². The van der Waals surface area contributed by atoms with Crippen LogP contribution >= 0.6 is 22.9 Å². The van der Waals surface area contributed by atoms with Crippen molar-refractivity contribution in [2.24, 2.45) is 0 Å². The molecule has 1 amide bonds. The fourth-order valence-electron chi connectivity index (χ4n) is 3.38. The molecule has 1 unspecified atom stereocenters. The van der Waals surface area contributed by atoms with Crippen LogP contribution < -0.4 is 5.32 Å². The number of anilines is 1. The van der Waals surface area contributed by atoms with Gasteiger partial charge in [-0.15, -0.1) is 11.3 Å². The predicted molar refractivity (Wildman–Crippen MR) is 100 cm³/mol. The number of aromatic nitrogens is 2. The molecular formula is C18H21ClN4OS. The molecule has 5 nitrogen and oxygen atoms in total. The SMILES string of the molecule is CCC(C(=O)Nc1sc2c(c1C#N)CCCC2)n1nc(C)c(Cl)c1C. The first-order valence-electron chi connectivity index (χ1n) is 8.54. The molecule has 0 saturated carbocycles. The average molecular weight is 377 g/mol. The molecule has 1 aliphatic carbocycles. The van der Waals surface area contributed by atoms with Gasteiger partial charge in [0.2, 0.25) is 5.91 Å². The number of nitrogens with one attached hydrogen (secondary N) is 1. The Labute approximate surface area is 156 Å². The molecule has 2 heterocycles. The number of amides is 1. The zero-order valence-electron chi connectivity index (χ0n) is 14.6. The molecule has 3 rings (SSSR count). The molecule has 25 heavy (non-hydrogen) atoms. The average Bonchev–Trinajstić information content (AvgIpc) is 3.07. The molecule has 1 N–H and O–H groups in total. The van der Waals surface area contributed by atoms with Crippen molar-refractivity contribution in [3.8, 4) is 6.07 Å². The second-order valence-corrected chi connectivity index (χ2v) is 7.85. The fraction of sp³-hybridized carbons (Fsp3) is 0.500. The van der Waals surface area contributed by atoms with Gasteiger partial charge in [0, 0.05) is 4.88 Å². The zero-order chi connectivity index (χ0) is 18.1. The Kier molecular flexibility index (Phi) is 5.16. The largest absolute Gasteiger partial charge is 0.315 e. The third-order valence-electron chi connectivity index (χ3n) is 4.74. The zero-order valence-corrected chi connectivity index (χ0v) is 16.2. The Hall–Kier alpha value is -1.84. The summed E-state index contributed by atoms with van der Waals surface area (Å²) in [6.07, 6.45) is 4.77. The van der Waals surface area contributed by atoms with Crippen molar-refractivity contribution in [3.63, 3.8) is 0 Å². The van der Waals surface area contributed by atoms with Gasteiger partial charge < -0.3 is 5.32 Å². The van der Waals surface area contributed by atoms with Crippen LogP contribution in [0.4, 0.5) is 5.00 Å². The van der Waals surface area contributed by atoms with Gasteiger partial charge >= 0.3 is 0 Å². The van der Waals surface area contributed by atoms with Crippen molar-refractivity contribution < 1.29 is 4.79 Å². The molecule has 1 aliphatic rings. The molecular weight excluding hydrogens is 356 g/mol. The summed E-state index contributed by atoms with van der Waals surface area (Å²) in [5.41, 5.74) is 3.26. The molecule has 0 fully saturated rings. The lowest BCUT2D eigenvalue weighted by molar-refractivity contribution is -0.119. The Morgan fingerprint density at radius 2 is 2.16 bits per heavy atom. The molecule has 0 aromatic carbocycles. The summed E-state index contributed by atoms with van der Waals surface area (Å²) in [7, 11) is 0. The van der Waals surface area contributed by atoms with Crippen LogP contribution in [0.2, 0.25) is 5.02 Å². The molecule has 0 aliphatic heterocycles. The van der Waals surface area contributed by atoms with Gasteiger partial charge in [-0.05, 0) is 51.5 Å². The maximum Gasteiger partial charge on any atom is 0.249 e. The Morgan fingerprint density at radius 3 is 2.76 bits per heavy atom. The van der Waals surface area contributed by atoms with Crippen molar-refractivity contribution >= 4 is 33.8 Å². The van der Waals surface area contributed by atoms with Gasteiger partial charge in [0.15, 0.2) is 0 Å². The van der Waals surface area contributed by atoms with Crippen LogP contribution in [0.15, 0.2) is 0 Å². The highest BCUT2D eigenvalue weighted by Crippen LogP contribution is 2.38. The number of halogens is 1. The first-order valence-corrected chi connectivity index (χ1v) is 9.74. The van der Waals surface area contributed by atoms with Crippen LogP contribution in [-0.2, 0) is 17.6 Å². The van der Waals surface area contributed by atoms with Gasteiger partial charge in [-0.3, -0.25) is 9.48 Å². The molecule has 132 valence electrons. The van der Waals surface area contributed by atoms with Gasteiger partial charge in [0.25, 0.3) is 0 Å². The van der Waals surface area contributed by atoms with E-state index in [0.717, 1.165) is 42.6 Å². The second-order valence-electron chi connectivity index (χ2n) is 6.37. The maximum absolute atomic E-state index is 12.9. The monoisotopic (exact) mass is 376 g/mol. The quantitative estimate of drug-likeness (QED) is 0.850. The number of aryl methyl sites for hydroxylation is 2. The van der Waals surface area contributed by atoms with Gasteiger partial charge in [0.1, 0.15) is 17.1 Å². The summed E-state index contributed by atoms with van der Waals surface area (Å²) in [6, 6.07) is 1.84. The summed E-state index contributed by atoms with van der Waals surface area (Å²) in [5.74, 6) is -0.153. The van der Waals surface area contributed by atoms with E-state index < -0.39 is 6.04 Å². The van der Waals surface area contributed by atoms with E-state index >= 15 is 0 Å². The molecule has 0 bridgehead atoms. The molecule has 0 spiro atoms. The lowest BCUT2D eigenvalue weighted by Gasteiger charge is -2.17. The predicted octanol–water partition coefficient (Wildman–Crippen LogP) is 4.56. The highest BCUT2D eigenvalue weighted by Gasteiger charge is 2.27. The van der Waals surface area contributed by atoms with Gasteiger partial charge in [-0.2, -0.15) is 10.4 Å². The van der Waals surface area contributed by atoms with E-state index in [1.54, 1.807) is 16.0 Å². The lowest BCUT2D eigenvalue weighted by atomic mass is 9.96. The fourth-order valence-corrected chi connectivity index (χ4v) is 4.75. The standard InChI is InChI=1S/C18H21ClN4OS/c1-4-14(23-11(3)16(19)10(2)22-23)17(24)21-18-13(9-20)12-7-5-6-8-15(12)25-18/h14H,4-8H2,1-3H3,(H,21,24). The van der Waals surface area contributed by atoms with E-state index in [2.05, 4.69) is 16.5 Å².